The molecule has 24 heavy (non-hydrogen) atoms. The van der Waals surface area contributed by atoms with Crippen molar-refractivity contribution in [2.75, 3.05) is 0 Å². The minimum Gasteiger partial charge on any atom is -0.411 e. The smallest absolute Gasteiger partial charge is 0.277 e. The predicted octanol–water partition coefficient (Wildman–Crippen LogP) is 4.71. The van der Waals surface area contributed by atoms with E-state index in [1.165, 1.54) is 22.9 Å². The number of hydrogen-bond acceptors (Lipinski definition) is 7. The van der Waals surface area contributed by atoms with Crippen LogP contribution in [-0.4, -0.2) is 20.3 Å². The van der Waals surface area contributed by atoms with E-state index in [0.717, 1.165) is 5.56 Å². The third-order valence-corrected chi connectivity index (χ3v) is 4.68. The summed E-state index contributed by atoms with van der Waals surface area (Å²) in [4.78, 5) is 4.40. The van der Waals surface area contributed by atoms with Gasteiger partial charge in [0.2, 0.25) is 11.8 Å². The van der Waals surface area contributed by atoms with Crippen LogP contribution in [0.15, 0.2) is 32.4 Å². The van der Waals surface area contributed by atoms with Gasteiger partial charge in [-0.25, -0.2) is 0 Å². The molecule has 3 aromatic rings. The van der Waals surface area contributed by atoms with Crippen LogP contribution in [0.3, 0.4) is 0 Å². The summed E-state index contributed by atoms with van der Waals surface area (Å²) < 4.78 is 11.1. The first-order chi connectivity index (χ1) is 11.4. The van der Waals surface area contributed by atoms with Crippen molar-refractivity contribution in [3.05, 3.63) is 41.0 Å². The molecule has 7 heteroatoms. The molecule has 0 aliphatic rings. The Morgan fingerprint density at radius 3 is 2.50 bits per heavy atom. The molecular weight excluding hydrogens is 324 g/mol. The van der Waals surface area contributed by atoms with Crippen LogP contribution < -0.4 is 0 Å². The van der Waals surface area contributed by atoms with Crippen LogP contribution in [-0.2, 0) is 0 Å². The molecule has 126 valence electrons. The maximum absolute atomic E-state index is 5.76. The zero-order chi connectivity index (χ0) is 17.3. The number of thioether (sulfide) groups is 1. The molecule has 6 nitrogen and oxygen atoms in total. The van der Waals surface area contributed by atoms with Crippen molar-refractivity contribution < 1.29 is 8.94 Å². The molecule has 0 spiro atoms. The maximum atomic E-state index is 5.76. The third-order valence-electron chi connectivity index (χ3n) is 3.76. The van der Waals surface area contributed by atoms with Gasteiger partial charge in [0.15, 0.2) is 5.82 Å². The monoisotopic (exact) mass is 344 g/mol. The van der Waals surface area contributed by atoms with E-state index in [1.807, 2.05) is 32.9 Å². The minimum absolute atomic E-state index is 0.0574. The number of benzene rings is 1. The predicted molar refractivity (Wildman–Crippen MR) is 91.9 cm³/mol. The molecule has 3 rings (SSSR count). The third kappa shape index (κ3) is 3.51. The highest BCUT2D eigenvalue weighted by atomic mass is 32.2. The van der Waals surface area contributed by atoms with Crippen molar-refractivity contribution in [2.45, 2.75) is 51.0 Å². The lowest BCUT2D eigenvalue weighted by molar-refractivity contribution is 0.372. The molecule has 0 unspecified atom stereocenters. The van der Waals surface area contributed by atoms with Crippen LogP contribution >= 0.6 is 11.8 Å². The van der Waals surface area contributed by atoms with Gasteiger partial charge in [0.25, 0.3) is 5.22 Å². The summed E-state index contributed by atoms with van der Waals surface area (Å²) >= 11 is 1.41. The average Bonchev–Trinajstić information content (AvgIpc) is 3.19. The molecule has 2 aromatic heterocycles. The van der Waals surface area contributed by atoms with Gasteiger partial charge in [-0.15, -0.1) is 10.2 Å². The Balaban J connectivity index is 1.74. The van der Waals surface area contributed by atoms with Crippen LogP contribution in [0.2, 0.25) is 0 Å². The van der Waals surface area contributed by atoms with Crippen molar-refractivity contribution in [3.63, 3.8) is 0 Å². The molecule has 0 saturated carbocycles. The van der Waals surface area contributed by atoms with Gasteiger partial charge < -0.3 is 8.94 Å². The summed E-state index contributed by atoms with van der Waals surface area (Å²) in [6.07, 6.45) is 0. The summed E-state index contributed by atoms with van der Waals surface area (Å²) in [5.41, 5.74) is 3.35. The van der Waals surface area contributed by atoms with E-state index in [9.17, 15) is 0 Å². The lowest BCUT2D eigenvalue weighted by Crippen LogP contribution is -1.92. The molecule has 0 aliphatic heterocycles. The first-order valence-electron chi connectivity index (χ1n) is 7.85. The maximum Gasteiger partial charge on any atom is 0.277 e. The van der Waals surface area contributed by atoms with Gasteiger partial charge in [-0.3, -0.25) is 0 Å². The first kappa shape index (κ1) is 16.7. The Bertz CT molecular complexity index is 841. The highest BCUT2D eigenvalue weighted by Gasteiger charge is 2.20. The van der Waals surface area contributed by atoms with E-state index in [1.54, 1.807) is 0 Å². The highest BCUT2D eigenvalue weighted by molar-refractivity contribution is 7.99. The van der Waals surface area contributed by atoms with E-state index in [2.05, 4.69) is 40.3 Å². The normalized spacial score (nSPS) is 12.8. The molecule has 0 saturated heterocycles. The van der Waals surface area contributed by atoms with Crippen LogP contribution in [0, 0.1) is 13.8 Å². The van der Waals surface area contributed by atoms with E-state index in [0.29, 0.717) is 22.8 Å². The fourth-order valence-electron chi connectivity index (χ4n) is 2.10. The van der Waals surface area contributed by atoms with Crippen LogP contribution in [0.25, 0.3) is 11.5 Å². The standard InChI is InChI=1S/C17H20N4O2S/c1-9(2)14-18-15(23-21-14)12(5)24-17-20-19-16(22-17)13-7-6-10(3)11(4)8-13/h6-9,12H,1-5H3/t12-/m0/s1. The van der Waals surface area contributed by atoms with Gasteiger partial charge >= 0.3 is 0 Å². The number of nitrogens with zero attached hydrogens (tertiary/aromatic N) is 4. The summed E-state index contributed by atoms with van der Waals surface area (Å²) in [5.74, 6) is 2.02. The molecule has 0 amide bonds. The number of hydrogen-bond donors (Lipinski definition) is 0. The van der Waals surface area contributed by atoms with Crippen LogP contribution in [0.1, 0.15) is 54.8 Å². The number of aromatic nitrogens is 4. The molecule has 2 heterocycles. The summed E-state index contributed by atoms with van der Waals surface area (Å²) in [7, 11) is 0. The molecule has 0 aliphatic carbocycles. The minimum atomic E-state index is -0.0574. The van der Waals surface area contributed by atoms with Crippen molar-refractivity contribution in [2.24, 2.45) is 0 Å². The van der Waals surface area contributed by atoms with E-state index < -0.39 is 0 Å². The van der Waals surface area contributed by atoms with Gasteiger partial charge in [0.05, 0.1) is 5.25 Å². The van der Waals surface area contributed by atoms with Crippen LogP contribution in [0.4, 0.5) is 0 Å². The van der Waals surface area contributed by atoms with Crippen molar-refractivity contribution in [3.8, 4) is 11.5 Å². The van der Waals surface area contributed by atoms with Crippen LogP contribution in [0.5, 0.6) is 0 Å². The Kier molecular flexibility index (Phi) is 4.71. The second-order valence-corrected chi connectivity index (χ2v) is 7.37. The Morgan fingerprint density at radius 1 is 1.04 bits per heavy atom. The zero-order valence-electron chi connectivity index (χ0n) is 14.4. The topological polar surface area (TPSA) is 77.8 Å². The molecule has 0 radical (unpaired) electrons. The largest absolute Gasteiger partial charge is 0.411 e. The summed E-state index contributed by atoms with van der Waals surface area (Å²) in [6, 6.07) is 6.09. The van der Waals surface area contributed by atoms with Gasteiger partial charge in [-0.05, 0) is 44.0 Å². The van der Waals surface area contributed by atoms with Gasteiger partial charge in [-0.2, -0.15) is 4.98 Å². The van der Waals surface area contributed by atoms with Gasteiger partial charge in [-0.1, -0.05) is 36.8 Å². The SMILES string of the molecule is Cc1ccc(-c2nnc(S[C@@H](C)c3nc(C(C)C)no3)o2)cc1C. The molecule has 1 aromatic carbocycles. The van der Waals surface area contributed by atoms with E-state index >= 15 is 0 Å². The lowest BCUT2D eigenvalue weighted by Gasteiger charge is -2.02. The Morgan fingerprint density at radius 2 is 1.83 bits per heavy atom. The van der Waals surface area contributed by atoms with Gasteiger partial charge in [0.1, 0.15) is 0 Å². The highest BCUT2D eigenvalue weighted by Crippen LogP contribution is 2.34. The van der Waals surface area contributed by atoms with Gasteiger partial charge in [0, 0.05) is 11.5 Å². The fourth-order valence-corrected chi connectivity index (χ4v) is 2.81. The molecule has 0 bridgehead atoms. The fraction of sp³-hybridized carbons (Fsp3) is 0.412. The first-order valence-corrected chi connectivity index (χ1v) is 8.73. The Hall–Kier alpha value is -2.15. The molecule has 1 atom stereocenters. The number of aryl methyl sites for hydroxylation is 2. The van der Waals surface area contributed by atoms with E-state index in [-0.39, 0.29) is 11.2 Å². The zero-order valence-corrected chi connectivity index (χ0v) is 15.2. The Labute approximate surface area is 145 Å². The molecule has 0 N–H and O–H groups in total. The quantitative estimate of drug-likeness (QED) is 0.620. The van der Waals surface area contributed by atoms with Crippen molar-refractivity contribution >= 4 is 11.8 Å². The second kappa shape index (κ2) is 6.76. The summed E-state index contributed by atoms with van der Waals surface area (Å²) in [5, 5.41) is 12.7. The molecular formula is C17H20N4O2S. The molecule has 0 fully saturated rings. The second-order valence-electron chi connectivity index (χ2n) is 6.08. The van der Waals surface area contributed by atoms with Crippen molar-refractivity contribution in [1.29, 1.82) is 0 Å². The average molecular weight is 344 g/mol. The summed E-state index contributed by atoms with van der Waals surface area (Å²) in [6.45, 7) is 10.2. The van der Waals surface area contributed by atoms with E-state index in [4.69, 9.17) is 8.94 Å². The van der Waals surface area contributed by atoms with Crippen molar-refractivity contribution in [1.82, 2.24) is 20.3 Å². The lowest BCUT2D eigenvalue weighted by atomic mass is 10.1. The number of rotatable bonds is 5.